The van der Waals surface area contributed by atoms with Crippen molar-refractivity contribution in [2.45, 2.75) is 26.7 Å². The minimum atomic E-state index is -3.10. The quantitative estimate of drug-likeness (QED) is 0.209. The summed E-state index contributed by atoms with van der Waals surface area (Å²) in [6.07, 6.45) is 1.65. The minimum Gasteiger partial charge on any atom is -0.357 e. The first kappa shape index (κ1) is 22.6. The van der Waals surface area contributed by atoms with Gasteiger partial charge in [0.2, 0.25) is 10.0 Å². The fourth-order valence-corrected chi connectivity index (χ4v) is 3.07. The van der Waals surface area contributed by atoms with Gasteiger partial charge in [0.25, 0.3) is 0 Å². The van der Waals surface area contributed by atoms with Gasteiger partial charge in [-0.1, -0.05) is 6.07 Å². The van der Waals surface area contributed by atoms with Gasteiger partial charge in [-0.05, 0) is 38.1 Å². The van der Waals surface area contributed by atoms with Crippen LogP contribution >= 0.6 is 35.3 Å². The highest BCUT2D eigenvalue weighted by atomic mass is 127. The molecule has 0 aliphatic rings. The van der Waals surface area contributed by atoms with Crippen molar-refractivity contribution in [2.24, 2.45) is 4.99 Å². The highest BCUT2D eigenvalue weighted by Crippen LogP contribution is 2.07. The van der Waals surface area contributed by atoms with Gasteiger partial charge in [-0.15, -0.1) is 35.3 Å². The maximum Gasteiger partial charge on any atom is 0.211 e. The number of aliphatic imine (C=N–C) groups is 1. The van der Waals surface area contributed by atoms with E-state index in [1.54, 1.807) is 18.3 Å². The first-order valence-corrected chi connectivity index (χ1v) is 10.1. The molecule has 0 atom stereocenters. The zero-order valence-corrected chi connectivity index (χ0v) is 17.6. The van der Waals surface area contributed by atoms with Gasteiger partial charge < -0.3 is 10.6 Å². The predicted octanol–water partition coefficient (Wildman–Crippen LogP) is 1.79. The second-order valence-corrected chi connectivity index (χ2v) is 7.80. The third kappa shape index (κ3) is 10.9. The Morgan fingerprint density at radius 1 is 1.26 bits per heavy atom. The molecule has 0 radical (unpaired) electrons. The minimum absolute atomic E-state index is 0. The summed E-state index contributed by atoms with van der Waals surface area (Å²) in [6.45, 7) is 6.28. The van der Waals surface area contributed by atoms with Crippen molar-refractivity contribution in [3.63, 3.8) is 0 Å². The van der Waals surface area contributed by atoms with Crippen molar-refractivity contribution in [1.82, 2.24) is 15.4 Å². The summed E-state index contributed by atoms with van der Waals surface area (Å²) in [5, 5.41) is 8.54. The largest absolute Gasteiger partial charge is 0.357 e. The first-order valence-electron chi connectivity index (χ1n) is 7.59. The Labute approximate surface area is 160 Å². The lowest BCUT2D eigenvalue weighted by Crippen LogP contribution is -2.38. The second kappa shape index (κ2) is 13.0. The number of hydrogen-bond acceptors (Lipinski definition) is 4. The van der Waals surface area contributed by atoms with Crippen LogP contribution in [-0.2, 0) is 16.4 Å². The molecule has 23 heavy (non-hydrogen) atoms. The van der Waals surface area contributed by atoms with E-state index < -0.39 is 10.0 Å². The van der Waals surface area contributed by atoms with Crippen LogP contribution in [0.2, 0.25) is 0 Å². The summed E-state index contributed by atoms with van der Waals surface area (Å²) in [4.78, 5) is 5.79. The Bertz CT molecular complexity index is 533. The fraction of sp³-hybridized carbons (Fsp3) is 0.643. The zero-order chi connectivity index (χ0) is 16.3. The van der Waals surface area contributed by atoms with Crippen LogP contribution in [0.4, 0.5) is 0 Å². The van der Waals surface area contributed by atoms with Crippen LogP contribution < -0.4 is 15.4 Å². The molecule has 0 amide bonds. The number of thiophene rings is 1. The normalized spacial score (nSPS) is 11.8. The predicted molar refractivity (Wildman–Crippen MR) is 109 cm³/mol. The Morgan fingerprint density at radius 3 is 2.65 bits per heavy atom. The molecule has 0 aliphatic carbocycles. The summed E-state index contributed by atoms with van der Waals surface area (Å²) in [5.74, 6) is 0.890. The van der Waals surface area contributed by atoms with E-state index in [0.717, 1.165) is 25.5 Å². The number of guanidine groups is 1. The summed E-state index contributed by atoms with van der Waals surface area (Å²) >= 11 is 1.75. The molecular formula is C14H27IN4O2S2. The van der Waals surface area contributed by atoms with Gasteiger partial charge in [0.1, 0.15) is 0 Å². The van der Waals surface area contributed by atoms with Crippen LogP contribution in [0, 0.1) is 0 Å². The van der Waals surface area contributed by atoms with E-state index in [-0.39, 0.29) is 29.7 Å². The monoisotopic (exact) mass is 474 g/mol. The molecule has 0 fully saturated rings. The van der Waals surface area contributed by atoms with Gasteiger partial charge in [0.15, 0.2) is 5.96 Å². The number of halogens is 1. The Kier molecular flexibility index (Phi) is 12.7. The molecular weight excluding hydrogens is 447 g/mol. The van der Waals surface area contributed by atoms with E-state index in [1.807, 2.05) is 6.92 Å². The molecule has 0 aromatic carbocycles. The average Bonchev–Trinajstić information content (AvgIpc) is 3.00. The van der Waals surface area contributed by atoms with Crippen molar-refractivity contribution in [3.8, 4) is 0 Å². The number of nitrogens with zero attached hydrogens (tertiary/aromatic N) is 1. The van der Waals surface area contributed by atoms with E-state index in [4.69, 9.17) is 0 Å². The van der Waals surface area contributed by atoms with Crippen molar-refractivity contribution < 1.29 is 8.42 Å². The lowest BCUT2D eigenvalue weighted by atomic mass is 10.3. The Hall–Kier alpha value is -0.390. The van der Waals surface area contributed by atoms with E-state index in [1.165, 1.54) is 4.88 Å². The van der Waals surface area contributed by atoms with Crippen LogP contribution in [-0.4, -0.2) is 46.3 Å². The van der Waals surface area contributed by atoms with E-state index in [0.29, 0.717) is 19.5 Å². The summed E-state index contributed by atoms with van der Waals surface area (Å²) in [5.41, 5.74) is 0. The number of nitrogens with one attached hydrogen (secondary N) is 3. The highest BCUT2D eigenvalue weighted by molar-refractivity contribution is 14.0. The standard InChI is InChI=1S/C14H26N4O2S2.HI/c1-3-15-14(17-11-8-13-7-5-12-21-13)16-9-6-10-18-22(19,20)4-2;/h5,7,12,18H,3-4,6,8-11H2,1-2H3,(H2,15,16,17);1H. The average molecular weight is 474 g/mol. The van der Waals surface area contributed by atoms with Crippen LogP contribution in [0.3, 0.4) is 0 Å². The van der Waals surface area contributed by atoms with Gasteiger partial charge >= 0.3 is 0 Å². The third-order valence-corrected chi connectivity index (χ3v) is 5.24. The van der Waals surface area contributed by atoms with E-state index >= 15 is 0 Å². The van der Waals surface area contributed by atoms with Crippen LogP contribution in [0.1, 0.15) is 25.1 Å². The van der Waals surface area contributed by atoms with Gasteiger partial charge in [0.05, 0.1) is 5.75 Å². The molecule has 3 N–H and O–H groups in total. The van der Waals surface area contributed by atoms with Crippen molar-refractivity contribution >= 4 is 51.3 Å². The van der Waals surface area contributed by atoms with Crippen LogP contribution in [0.15, 0.2) is 22.5 Å². The molecule has 6 nitrogen and oxygen atoms in total. The third-order valence-electron chi connectivity index (χ3n) is 2.89. The summed E-state index contributed by atoms with van der Waals surface area (Å²) < 4.78 is 25.1. The highest BCUT2D eigenvalue weighted by Gasteiger charge is 2.04. The van der Waals surface area contributed by atoms with Crippen LogP contribution in [0.5, 0.6) is 0 Å². The van der Waals surface area contributed by atoms with Gasteiger partial charge in [-0.3, -0.25) is 4.99 Å². The molecule has 0 saturated carbocycles. The van der Waals surface area contributed by atoms with E-state index in [9.17, 15) is 8.42 Å². The SMILES string of the molecule is CCNC(=NCCCNS(=O)(=O)CC)NCCc1cccs1.I. The molecule has 0 spiro atoms. The molecule has 0 saturated heterocycles. The second-order valence-electron chi connectivity index (χ2n) is 4.67. The van der Waals surface area contributed by atoms with Crippen molar-refractivity contribution in [3.05, 3.63) is 22.4 Å². The van der Waals surface area contributed by atoms with Crippen molar-refractivity contribution in [2.75, 3.05) is 31.9 Å². The van der Waals surface area contributed by atoms with Crippen molar-refractivity contribution in [1.29, 1.82) is 0 Å². The topological polar surface area (TPSA) is 82.6 Å². The lowest BCUT2D eigenvalue weighted by molar-refractivity contribution is 0.581. The lowest BCUT2D eigenvalue weighted by Gasteiger charge is -2.10. The molecule has 1 heterocycles. The Balaban J connectivity index is 0.00000484. The molecule has 1 aromatic rings. The molecule has 9 heteroatoms. The molecule has 0 unspecified atom stereocenters. The van der Waals surface area contributed by atoms with Gasteiger partial charge in [-0.2, -0.15) is 0 Å². The maximum absolute atomic E-state index is 11.3. The summed E-state index contributed by atoms with van der Waals surface area (Å²) in [7, 11) is -3.10. The number of hydrogen-bond donors (Lipinski definition) is 3. The molecule has 134 valence electrons. The van der Waals surface area contributed by atoms with Gasteiger partial charge in [0, 0.05) is 31.1 Å². The first-order chi connectivity index (χ1) is 10.6. The number of sulfonamides is 1. The number of rotatable bonds is 10. The molecule has 0 bridgehead atoms. The zero-order valence-electron chi connectivity index (χ0n) is 13.7. The Morgan fingerprint density at radius 2 is 2.04 bits per heavy atom. The van der Waals surface area contributed by atoms with E-state index in [2.05, 4.69) is 37.9 Å². The maximum atomic E-state index is 11.3. The fourth-order valence-electron chi connectivity index (χ4n) is 1.70. The summed E-state index contributed by atoms with van der Waals surface area (Å²) in [6, 6.07) is 4.17. The van der Waals surface area contributed by atoms with Crippen LogP contribution in [0.25, 0.3) is 0 Å². The molecule has 0 aliphatic heterocycles. The molecule has 1 rings (SSSR count). The molecule has 1 aromatic heterocycles. The van der Waals surface area contributed by atoms with Gasteiger partial charge in [-0.25, -0.2) is 13.1 Å². The smallest absolute Gasteiger partial charge is 0.211 e.